The number of anilines is 1. The molecule has 0 spiro atoms. The predicted molar refractivity (Wildman–Crippen MR) is 93.4 cm³/mol. The van der Waals surface area contributed by atoms with Gasteiger partial charge in [-0.2, -0.15) is 0 Å². The third kappa shape index (κ3) is 2.52. The smallest absolute Gasteiger partial charge is 0.231 e. The normalized spacial score (nSPS) is 16.8. The van der Waals surface area contributed by atoms with Crippen LogP contribution in [0, 0.1) is 6.92 Å². The highest BCUT2D eigenvalue weighted by atomic mass is 16.5. The molecule has 4 rings (SSSR count). The Morgan fingerprint density at radius 2 is 2.29 bits per heavy atom. The molecule has 122 valence electrons. The summed E-state index contributed by atoms with van der Waals surface area (Å²) in [6.45, 7) is 4.57. The Balaban J connectivity index is 1.66. The lowest BCUT2D eigenvalue weighted by atomic mass is 10.1. The quantitative estimate of drug-likeness (QED) is 0.788. The van der Waals surface area contributed by atoms with Gasteiger partial charge in [0.15, 0.2) is 0 Å². The summed E-state index contributed by atoms with van der Waals surface area (Å²) >= 11 is 0. The average molecular weight is 321 g/mol. The van der Waals surface area contributed by atoms with E-state index in [0.29, 0.717) is 13.0 Å². The number of aryl methyl sites for hydroxylation is 1. The average Bonchev–Trinajstić information content (AvgIpc) is 2.98. The van der Waals surface area contributed by atoms with Crippen molar-refractivity contribution < 1.29 is 9.53 Å². The summed E-state index contributed by atoms with van der Waals surface area (Å²) in [5, 5.41) is 0.997. The summed E-state index contributed by atoms with van der Waals surface area (Å²) in [5.74, 6) is 0.843. The maximum Gasteiger partial charge on any atom is 0.231 e. The van der Waals surface area contributed by atoms with E-state index >= 15 is 0 Å². The molecule has 1 aromatic carbocycles. The highest BCUT2D eigenvalue weighted by Crippen LogP contribution is 2.34. The molecule has 5 heteroatoms. The Hall–Kier alpha value is -2.82. The molecular formula is C19H19N3O2. The Kier molecular flexibility index (Phi) is 3.49. The first-order valence-electron chi connectivity index (χ1n) is 8.10. The number of benzene rings is 1. The first-order valence-corrected chi connectivity index (χ1v) is 8.10. The van der Waals surface area contributed by atoms with Gasteiger partial charge < -0.3 is 14.6 Å². The van der Waals surface area contributed by atoms with Gasteiger partial charge in [0, 0.05) is 17.8 Å². The SMILES string of the molecule is Cc1ccc2c(c1)N(C(=O)Cc1c[nH]c3ncccc13)C[C@@H](C)O2. The number of H-pyrrole nitrogens is 1. The fourth-order valence-electron chi connectivity index (χ4n) is 3.20. The van der Waals surface area contributed by atoms with Gasteiger partial charge in [-0.3, -0.25) is 4.79 Å². The number of nitrogens with zero attached hydrogens (tertiary/aromatic N) is 2. The number of carbonyl (C=O) groups excluding carboxylic acids is 1. The number of pyridine rings is 1. The molecule has 1 aliphatic rings. The van der Waals surface area contributed by atoms with Crippen LogP contribution in [0.15, 0.2) is 42.7 Å². The highest BCUT2D eigenvalue weighted by molar-refractivity contribution is 5.98. The molecule has 2 aromatic heterocycles. The van der Waals surface area contributed by atoms with Gasteiger partial charge in [-0.05, 0) is 49.2 Å². The van der Waals surface area contributed by atoms with Gasteiger partial charge in [0.05, 0.1) is 18.7 Å². The number of carbonyl (C=O) groups is 1. The Morgan fingerprint density at radius 3 is 3.17 bits per heavy atom. The molecule has 3 heterocycles. The van der Waals surface area contributed by atoms with Crippen LogP contribution in [0.1, 0.15) is 18.1 Å². The zero-order valence-electron chi connectivity index (χ0n) is 13.7. The first kappa shape index (κ1) is 14.8. The zero-order valence-corrected chi connectivity index (χ0v) is 13.7. The molecule has 1 aliphatic heterocycles. The molecule has 5 nitrogen and oxygen atoms in total. The van der Waals surface area contributed by atoms with Crippen LogP contribution in [0.5, 0.6) is 5.75 Å². The van der Waals surface area contributed by atoms with Crippen LogP contribution in [0.4, 0.5) is 5.69 Å². The molecule has 0 aliphatic carbocycles. The van der Waals surface area contributed by atoms with Gasteiger partial charge in [0.1, 0.15) is 17.5 Å². The molecule has 0 radical (unpaired) electrons. The molecule has 1 amide bonds. The monoisotopic (exact) mass is 321 g/mol. The van der Waals surface area contributed by atoms with E-state index in [1.807, 2.05) is 55.3 Å². The van der Waals surface area contributed by atoms with Crippen molar-refractivity contribution in [1.82, 2.24) is 9.97 Å². The van der Waals surface area contributed by atoms with Crippen molar-refractivity contribution >= 4 is 22.6 Å². The van der Waals surface area contributed by atoms with Gasteiger partial charge in [0.2, 0.25) is 5.91 Å². The van der Waals surface area contributed by atoms with E-state index in [0.717, 1.165) is 33.6 Å². The van der Waals surface area contributed by atoms with Crippen LogP contribution in [-0.2, 0) is 11.2 Å². The molecule has 24 heavy (non-hydrogen) atoms. The largest absolute Gasteiger partial charge is 0.487 e. The number of aromatic amines is 1. The Bertz CT molecular complexity index is 916. The molecule has 0 fully saturated rings. The summed E-state index contributed by atoms with van der Waals surface area (Å²) in [5.41, 5.74) is 3.75. The van der Waals surface area contributed by atoms with Crippen molar-refractivity contribution in [2.75, 3.05) is 11.4 Å². The second kappa shape index (κ2) is 5.67. The van der Waals surface area contributed by atoms with Crippen LogP contribution in [0.25, 0.3) is 11.0 Å². The molecule has 3 aromatic rings. The molecule has 0 saturated carbocycles. The van der Waals surface area contributed by atoms with E-state index in [1.54, 1.807) is 6.20 Å². The van der Waals surface area contributed by atoms with Crippen LogP contribution < -0.4 is 9.64 Å². The van der Waals surface area contributed by atoms with Crippen molar-refractivity contribution in [3.05, 3.63) is 53.9 Å². The fraction of sp³-hybridized carbons (Fsp3) is 0.263. The summed E-state index contributed by atoms with van der Waals surface area (Å²) < 4.78 is 5.86. The van der Waals surface area contributed by atoms with E-state index in [2.05, 4.69) is 9.97 Å². The minimum Gasteiger partial charge on any atom is -0.487 e. The highest BCUT2D eigenvalue weighted by Gasteiger charge is 2.28. The zero-order chi connectivity index (χ0) is 16.7. The molecule has 0 saturated heterocycles. The Labute approximate surface area is 140 Å². The predicted octanol–water partition coefficient (Wildman–Crippen LogP) is 3.23. The van der Waals surface area contributed by atoms with Crippen LogP contribution >= 0.6 is 0 Å². The third-order valence-electron chi connectivity index (χ3n) is 4.35. The number of rotatable bonds is 2. The molecule has 1 atom stereocenters. The van der Waals surface area contributed by atoms with E-state index in [9.17, 15) is 4.79 Å². The topological polar surface area (TPSA) is 58.2 Å². The minimum absolute atomic E-state index is 0.0196. The van der Waals surface area contributed by atoms with E-state index in [1.165, 1.54) is 0 Å². The lowest BCUT2D eigenvalue weighted by Crippen LogP contribution is -2.43. The second-order valence-electron chi connectivity index (χ2n) is 6.29. The molecule has 1 N–H and O–H groups in total. The van der Waals surface area contributed by atoms with E-state index < -0.39 is 0 Å². The molecule has 0 unspecified atom stereocenters. The van der Waals surface area contributed by atoms with Crippen molar-refractivity contribution in [3.63, 3.8) is 0 Å². The second-order valence-corrected chi connectivity index (χ2v) is 6.29. The number of fused-ring (bicyclic) bond motifs is 2. The summed E-state index contributed by atoms with van der Waals surface area (Å²) in [6, 6.07) is 9.83. The van der Waals surface area contributed by atoms with Crippen molar-refractivity contribution in [1.29, 1.82) is 0 Å². The van der Waals surface area contributed by atoms with Gasteiger partial charge >= 0.3 is 0 Å². The third-order valence-corrected chi connectivity index (χ3v) is 4.35. The molecular weight excluding hydrogens is 302 g/mol. The lowest BCUT2D eigenvalue weighted by molar-refractivity contribution is -0.118. The number of hydrogen-bond acceptors (Lipinski definition) is 3. The van der Waals surface area contributed by atoms with Gasteiger partial charge in [-0.1, -0.05) is 6.07 Å². The Morgan fingerprint density at radius 1 is 1.42 bits per heavy atom. The lowest BCUT2D eigenvalue weighted by Gasteiger charge is -2.33. The first-order chi connectivity index (χ1) is 11.6. The summed E-state index contributed by atoms with van der Waals surface area (Å²) in [6.07, 6.45) is 3.93. The van der Waals surface area contributed by atoms with E-state index in [4.69, 9.17) is 4.74 Å². The number of amides is 1. The van der Waals surface area contributed by atoms with Gasteiger partial charge in [0.25, 0.3) is 0 Å². The van der Waals surface area contributed by atoms with E-state index in [-0.39, 0.29) is 12.0 Å². The maximum absolute atomic E-state index is 13.0. The van der Waals surface area contributed by atoms with Crippen LogP contribution in [0.2, 0.25) is 0 Å². The fourth-order valence-corrected chi connectivity index (χ4v) is 3.20. The number of ether oxygens (including phenoxy) is 1. The van der Waals surface area contributed by atoms with Crippen LogP contribution in [-0.4, -0.2) is 28.5 Å². The van der Waals surface area contributed by atoms with Crippen molar-refractivity contribution in [2.45, 2.75) is 26.4 Å². The molecule has 0 bridgehead atoms. The van der Waals surface area contributed by atoms with Crippen LogP contribution in [0.3, 0.4) is 0 Å². The maximum atomic E-state index is 13.0. The van der Waals surface area contributed by atoms with Gasteiger partial charge in [-0.25, -0.2) is 4.98 Å². The van der Waals surface area contributed by atoms with Gasteiger partial charge in [-0.15, -0.1) is 0 Å². The standard InChI is InChI=1S/C19H19N3O2/c1-12-5-6-17-16(8-12)22(11-13(2)24-17)18(23)9-14-10-21-19-15(14)4-3-7-20-19/h3-8,10,13H,9,11H2,1-2H3,(H,20,21)/t13-/m1/s1. The van der Waals surface area contributed by atoms with Crippen molar-refractivity contribution in [2.24, 2.45) is 0 Å². The number of nitrogens with one attached hydrogen (secondary N) is 1. The summed E-state index contributed by atoms with van der Waals surface area (Å²) in [7, 11) is 0. The minimum atomic E-state index is -0.0196. The summed E-state index contributed by atoms with van der Waals surface area (Å²) in [4.78, 5) is 22.2. The number of hydrogen-bond donors (Lipinski definition) is 1. The number of aromatic nitrogens is 2. The van der Waals surface area contributed by atoms with Crippen molar-refractivity contribution in [3.8, 4) is 5.75 Å².